The number of fused-ring (bicyclic) bond motifs is 1. The van der Waals surface area contributed by atoms with Crippen molar-refractivity contribution in [3.05, 3.63) is 53.9 Å². The van der Waals surface area contributed by atoms with Gasteiger partial charge in [0.05, 0.1) is 22.8 Å². The van der Waals surface area contributed by atoms with Gasteiger partial charge in [0.25, 0.3) is 0 Å². The smallest absolute Gasteiger partial charge is 0.369 e. The highest BCUT2D eigenvalue weighted by Crippen LogP contribution is 2.36. The molecule has 1 fully saturated rings. The normalized spacial score (nSPS) is 19.4. The lowest BCUT2D eigenvalue weighted by atomic mass is 9.93. The molecular formula is C21H22ClF4N7. The summed E-state index contributed by atoms with van der Waals surface area (Å²) in [6.45, 7) is 1.58. The topological polar surface area (TPSA) is 73.0 Å². The van der Waals surface area contributed by atoms with Crippen molar-refractivity contribution in [2.45, 2.75) is 25.2 Å². The minimum absolute atomic E-state index is 0. The van der Waals surface area contributed by atoms with Crippen molar-refractivity contribution in [2.75, 3.05) is 25.0 Å². The van der Waals surface area contributed by atoms with E-state index >= 15 is 0 Å². The van der Waals surface area contributed by atoms with Crippen molar-refractivity contribution in [1.82, 2.24) is 30.4 Å². The molecule has 1 aromatic carbocycles. The summed E-state index contributed by atoms with van der Waals surface area (Å²) in [5, 5.41) is 11.1. The van der Waals surface area contributed by atoms with Crippen LogP contribution in [0.1, 0.15) is 24.0 Å². The first-order valence-electron chi connectivity index (χ1n) is 10.3. The van der Waals surface area contributed by atoms with Crippen molar-refractivity contribution < 1.29 is 17.6 Å². The number of nitrogens with zero attached hydrogens (tertiary/aromatic N) is 5. The van der Waals surface area contributed by atoms with Gasteiger partial charge in [0.2, 0.25) is 0 Å². The fourth-order valence-corrected chi connectivity index (χ4v) is 4.60. The van der Waals surface area contributed by atoms with Crippen LogP contribution in [0.25, 0.3) is 16.7 Å². The van der Waals surface area contributed by atoms with E-state index in [2.05, 4.69) is 30.4 Å². The van der Waals surface area contributed by atoms with Crippen LogP contribution in [-0.4, -0.2) is 51.4 Å². The van der Waals surface area contributed by atoms with Crippen molar-refractivity contribution in [3.8, 4) is 0 Å². The Hall–Kier alpha value is -3.08. The number of aromatic nitrogens is 4. The molecule has 0 spiro atoms. The first-order chi connectivity index (χ1) is 15.3. The van der Waals surface area contributed by atoms with E-state index in [9.17, 15) is 17.6 Å². The van der Waals surface area contributed by atoms with Gasteiger partial charge in [0, 0.05) is 37.8 Å². The Kier molecular flexibility index (Phi) is 6.08. The molecule has 4 heterocycles. The number of aromatic amines is 1. The molecule has 0 bridgehead atoms. The predicted octanol–water partition coefficient (Wildman–Crippen LogP) is 4.01. The Bertz CT molecular complexity index is 1170. The van der Waals surface area contributed by atoms with E-state index in [1.54, 1.807) is 12.4 Å². The molecule has 33 heavy (non-hydrogen) atoms. The SMILES string of the molecule is CN1C(c2ccc(F)c(C(F)(F)F)c2)=CNC1C1CCN(c2ncnc3[nH]ncc23)CC1.Cl. The minimum atomic E-state index is -4.74. The lowest BCUT2D eigenvalue weighted by molar-refractivity contribution is -0.140. The summed E-state index contributed by atoms with van der Waals surface area (Å²) in [5.74, 6) is -0.134. The highest BCUT2D eigenvalue weighted by Gasteiger charge is 2.37. The maximum absolute atomic E-state index is 13.7. The van der Waals surface area contributed by atoms with Crippen LogP contribution in [0.5, 0.6) is 0 Å². The third-order valence-corrected chi connectivity index (χ3v) is 6.27. The molecule has 5 rings (SSSR count). The van der Waals surface area contributed by atoms with E-state index < -0.39 is 17.6 Å². The maximum Gasteiger partial charge on any atom is 0.419 e. The fourth-order valence-electron chi connectivity index (χ4n) is 4.60. The minimum Gasteiger partial charge on any atom is -0.369 e. The standard InChI is InChI=1S/C21H21F4N7.ClH/c1-31-17(13-2-3-16(22)15(8-13)21(23,24)25)10-26-19(31)12-4-6-32(7-5-12)20-14-9-29-30-18(14)27-11-28-20;/h2-3,8-12,19,26H,4-7H2,1H3,(H,27,28,29,30);1H. The van der Waals surface area contributed by atoms with Crippen LogP contribution in [0.15, 0.2) is 36.9 Å². The molecular weight excluding hydrogens is 462 g/mol. The zero-order chi connectivity index (χ0) is 22.5. The third kappa shape index (κ3) is 4.17. The molecule has 0 saturated carbocycles. The predicted molar refractivity (Wildman–Crippen MR) is 118 cm³/mol. The molecule has 176 valence electrons. The molecule has 2 aliphatic rings. The number of hydrogen-bond donors (Lipinski definition) is 2. The first kappa shape index (κ1) is 23.1. The van der Waals surface area contributed by atoms with Crippen LogP contribution in [0.3, 0.4) is 0 Å². The van der Waals surface area contributed by atoms with Crippen LogP contribution in [-0.2, 0) is 6.18 Å². The van der Waals surface area contributed by atoms with Gasteiger partial charge in [-0.05, 0) is 31.0 Å². The van der Waals surface area contributed by atoms with E-state index in [0.717, 1.165) is 49.3 Å². The summed E-state index contributed by atoms with van der Waals surface area (Å²) in [7, 11) is 1.85. The number of rotatable bonds is 3. The molecule has 7 nitrogen and oxygen atoms in total. The molecule has 3 aromatic rings. The third-order valence-electron chi connectivity index (χ3n) is 6.27. The van der Waals surface area contributed by atoms with Gasteiger partial charge in [0.1, 0.15) is 24.1 Å². The second-order valence-corrected chi connectivity index (χ2v) is 8.10. The van der Waals surface area contributed by atoms with E-state index in [0.29, 0.717) is 16.9 Å². The van der Waals surface area contributed by atoms with Crippen LogP contribution in [0.2, 0.25) is 0 Å². The van der Waals surface area contributed by atoms with Crippen molar-refractivity contribution in [3.63, 3.8) is 0 Å². The molecule has 0 radical (unpaired) electrons. The van der Waals surface area contributed by atoms with E-state index in [1.165, 1.54) is 12.4 Å². The van der Waals surface area contributed by atoms with Gasteiger partial charge in [-0.3, -0.25) is 5.10 Å². The number of H-pyrrole nitrogens is 1. The Morgan fingerprint density at radius 3 is 2.61 bits per heavy atom. The number of benzene rings is 1. The van der Waals surface area contributed by atoms with Gasteiger partial charge in [-0.15, -0.1) is 12.4 Å². The lowest BCUT2D eigenvalue weighted by Gasteiger charge is -2.38. The summed E-state index contributed by atoms with van der Waals surface area (Å²) in [4.78, 5) is 12.7. The zero-order valence-corrected chi connectivity index (χ0v) is 18.4. The van der Waals surface area contributed by atoms with Crippen LogP contribution >= 0.6 is 12.4 Å². The highest BCUT2D eigenvalue weighted by molar-refractivity contribution is 5.86. The van der Waals surface area contributed by atoms with Crippen LogP contribution in [0.4, 0.5) is 23.4 Å². The van der Waals surface area contributed by atoms with Gasteiger partial charge in [-0.1, -0.05) is 0 Å². The number of halogens is 5. The molecule has 2 aromatic heterocycles. The number of piperidine rings is 1. The largest absolute Gasteiger partial charge is 0.419 e. The number of anilines is 1. The Labute approximate surface area is 193 Å². The maximum atomic E-state index is 13.7. The van der Waals surface area contributed by atoms with Gasteiger partial charge >= 0.3 is 6.18 Å². The number of hydrogen-bond acceptors (Lipinski definition) is 6. The summed E-state index contributed by atoms with van der Waals surface area (Å²) in [6, 6.07) is 3.12. The molecule has 2 aliphatic heterocycles. The highest BCUT2D eigenvalue weighted by atomic mass is 35.5. The van der Waals surface area contributed by atoms with E-state index in [1.807, 2.05) is 11.9 Å². The molecule has 12 heteroatoms. The molecule has 1 atom stereocenters. The van der Waals surface area contributed by atoms with Gasteiger partial charge < -0.3 is 15.1 Å². The van der Waals surface area contributed by atoms with Crippen LogP contribution in [0, 0.1) is 11.7 Å². The monoisotopic (exact) mass is 483 g/mol. The molecule has 1 unspecified atom stereocenters. The Morgan fingerprint density at radius 1 is 1.12 bits per heavy atom. The van der Waals surface area contributed by atoms with E-state index in [-0.39, 0.29) is 24.5 Å². The Morgan fingerprint density at radius 2 is 1.88 bits per heavy atom. The molecule has 1 saturated heterocycles. The van der Waals surface area contributed by atoms with Crippen LogP contribution < -0.4 is 10.2 Å². The second kappa shape index (κ2) is 8.69. The van der Waals surface area contributed by atoms with Crippen molar-refractivity contribution in [2.24, 2.45) is 5.92 Å². The molecule has 2 N–H and O–H groups in total. The van der Waals surface area contributed by atoms with Gasteiger partial charge in [-0.25, -0.2) is 14.4 Å². The molecule has 0 amide bonds. The average molecular weight is 484 g/mol. The summed E-state index contributed by atoms with van der Waals surface area (Å²) < 4.78 is 53.1. The van der Waals surface area contributed by atoms with Gasteiger partial charge in [0.15, 0.2) is 5.65 Å². The van der Waals surface area contributed by atoms with Crippen molar-refractivity contribution in [1.29, 1.82) is 0 Å². The fraction of sp³-hybridized carbons (Fsp3) is 0.381. The van der Waals surface area contributed by atoms with Gasteiger partial charge in [-0.2, -0.15) is 18.3 Å². The summed E-state index contributed by atoms with van der Waals surface area (Å²) >= 11 is 0. The Balaban J connectivity index is 0.00000259. The summed E-state index contributed by atoms with van der Waals surface area (Å²) in [6.07, 6.45) is 1.92. The number of nitrogens with one attached hydrogen (secondary N) is 2. The quantitative estimate of drug-likeness (QED) is 0.548. The summed E-state index contributed by atoms with van der Waals surface area (Å²) in [5.41, 5.74) is 0.382. The lowest BCUT2D eigenvalue weighted by Crippen LogP contribution is -2.46. The van der Waals surface area contributed by atoms with E-state index in [4.69, 9.17) is 0 Å². The average Bonchev–Trinajstić information content (AvgIpc) is 3.40. The zero-order valence-electron chi connectivity index (χ0n) is 17.6. The molecule has 0 aliphatic carbocycles. The number of alkyl halides is 3. The second-order valence-electron chi connectivity index (χ2n) is 8.10. The van der Waals surface area contributed by atoms with Crippen molar-refractivity contribution >= 4 is 35.0 Å². The first-order valence-corrected chi connectivity index (χ1v) is 10.3.